The first-order valence-corrected chi connectivity index (χ1v) is 10.7. The zero-order valence-corrected chi connectivity index (χ0v) is 17.0. The van der Waals surface area contributed by atoms with E-state index in [0.717, 1.165) is 32.1 Å². The molecule has 0 aromatic carbocycles. The number of hydrogen-bond acceptors (Lipinski definition) is 3. The van der Waals surface area contributed by atoms with Gasteiger partial charge in [-0.2, -0.15) is 0 Å². The fourth-order valence-corrected chi connectivity index (χ4v) is 3.21. The maximum Gasteiger partial charge on any atom is 0.309 e. The third kappa shape index (κ3) is 12.3. The highest BCUT2D eigenvalue weighted by Crippen LogP contribution is 2.26. The first kappa shape index (κ1) is 23.3. The number of ether oxygens (including phenoxy) is 1. The summed E-state index contributed by atoms with van der Waals surface area (Å²) in [6.45, 7) is 2.14. The van der Waals surface area contributed by atoms with E-state index in [4.69, 9.17) is 9.84 Å². The SMILES string of the molecule is CCCC/C=C/C#CC#CCCCCCCCCC[C@H]1C[C@@H](CO)OC1=O. The molecule has 0 aliphatic carbocycles. The van der Waals surface area contributed by atoms with Gasteiger partial charge in [0.2, 0.25) is 0 Å². The molecule has 0 saturated carbocycles. The number of cyclic esters (lactones) is 1. The van der Waals surface area contributed by atoms with Gasteiger partial charge in [-0.25, -0.2) is 0 Å². The minimum atomic E-state index is -0.265. The number of hydrogen-bond donors (Lipinski definition) is 1. The monoisotopic (exact) mass is 372 g/mol. The van der Waals surface area contributed by atoms with Gasteiger partial charge in [0.1, 0.15) is 6.10 Å². The molecule has 1 N–H and O–H groups in total. The normalized spacial score (nSPS) is 18.7. The van der Waals surface area contributed by atoms with Crippen LogP contribution in [-0.4, -0.2) is 23.8 Å². The van der Waals surface area contributed by atoms with Crippen molar-refractivity contribution in [2.75, 3.05) is 6.61 Å². The summed E-state index contributed by atoms with van der Waals surface area (Å²) in [5.41, 5.74) is 0. The van der Waals surface area contributed by atoms with Crippen molar-refractivity contribution in [2.45, 2.75) is 96.5 Å². The second kappa shape index (κ2) is 16.5. The molecule has 1 heterocycles. The molecule has 1 saturated heterocycles. The van der Waals surface area contributed by atoms with Crippen LogP contribution in [0, 0.1) is 29.6 Å². The maximum atomic E-state index is 11.6. The number of carbonyl (C=O) groups excluding carboxylic acids is 1. The molecule has 3 nitrogen and oxygen atoms in total. The highest BCUT2D eigenvalue weighted by molar-refractivity contribution is 5.74. The molecule has 0 bridgehead atoms. The number of unbranched alkanes of at least 4 members (excludes halogenated alkanes) is 9. The Kier molecular flexibility index (Phi) is 14.2. The van der Waals surface area contributed by atoms with E-state index in [1.54, 1.807) is 0 Å². The fraction of sp³-hybridized carbons (Fsp3) is 0.708. The van der Waals surface area contributed by atoms with Crippen LogP contribution in [0.25, 0.3) is 0 Å². The lowest BCUT2D eigenvalue weighted by molar-refractivity contribution is -0.145. The lowest BCUT2D eigenvalue weighted by atomic mass is 9.97. The van der Waals surface area contributed by atoms with Crippen molar-refractivity contribution in [1.82, 2.24) is 0 Å². The molecule has 0 aromatic rings. The lowest BCUT2D eigenvalue weighted by Crippen LogP contribution is -2.10. The van der Waals surface area contributed by atoms with Crippen LogP contribution in [0.5, 0.6) is 0 Å². The number of aliphatic hydroxyl groups excluding tert-OH is 1. The van der Waals surface area contributed by atoms with Gasteiger partial charge in [0.05, 0.1) is 12.5 Å². The Hall–Kier alpha value is -1.71. The molecule has 27 heavy (non-hydrogen) atoms. The molecule has 3 heteroatoms. The summed E-state index contributed by atoms with van der Waals surface area (Å²) in [7, 11) is 0. The summed E-state index contributed by atoms with van der Waals surface area (Å²) in [6, 6.07) is 0. The van der Waals surface area contributed by atoms with Crippen molar-refractivity contribution >= 4 is 5.97 Å². The molecule has 1 aliphatic heterocycles. The summed E-state index contributed by atoms with van der Waals surface area (Å²) in [6.07, 6.45) is 18.2. The number of allylic oxidation sites excluding steroid dienone is 2. The van der Waals surface area contributed by atoms with Crippen molar-refractivity contribution in [3.05, 3.63) is 12.2 Å². The van der Waals surface area contributed by atoms with Gasteiger partial charge in [0.25, 0.3) is 0 Å². The van der Waals surface area contributed by atoms with Gasteiger partial charge < -0.3 is 9.84 Å². The Balaban J connectivity index is 1.88. The zero-order chi connectivity index (χ0) is 19.6. The van der Waals surface area contributed by atoms with Gasteiger partial charge in [-0.3, -0.25) is 4.79 Å². The molecule has 2 atom stereocenters. The summed E-state index contributed by atoms with van der Waals surface area (Å²) in [4.78, 5) is 11.6. The predicted molar refractivity (Wildman–Crippen MR) is 111 cm³/mol. The Morgan fingerprint density at radius 1 is 1.07 bits per heavy atom. The van der Waals surface area contributed by atoms with Crippen molar-refractivity contribution in [3.63, 3.8) is 0 Å². The summed E-state index contributed by atoms with van der Waals surface area (Å²) >= 11 is 0. The van der Waals surface area contributed by atoms with Crippen LogP contribution >= 0.6 is 0 Å². The van der Waals surface area contributed by atoms with E-state index in [1.165, 1.54) is 44.9 Å². The molecule has 0 radical (unpaired) electrons. The van der Waals surface area contributed by atoms with E-state index >= 15 is 0 Å². The van der Waals surface area contributed by atoms with Crippen molar-refractivity contribution in [1.29, 1.82) is 0 Å². The van der Waals surface area contributed by atoms with E-state index in [-0.39, 0.29) is 24.6 Å². The molecule has 0 spiro atoms. The second-order valence-electron chi connectivity index (χ2n) is 7.30. The Morgan fingerprint density at radius 2 is 1.81 bits per heavy atom. The van der Waals surface area contributed by atoms with Crippen LogP contribution in [0.1, 0.15) is 90.4 Å². The smallest absolute Gasteiger partial charge is 0.309 e. The van der Waals surface area contributed by atoms with Gasteiger partial charge in [0.15, 0.2) is 0 Å². The van der Waals surface area contributed by atoms with Crippen molar-refractivity contribution in [3.8, 4) is 23.7 Å². The Morgan fingerprint density at radius 3 is 2.52 bits per heavy atom. The van der Waals surface area contributed by atoms with Gasteiger partial charge in [-0.15, -0.1) is 0 Å². The van der Waals surface area contributed by atoms with Crippen molar-refractivity contribution < 1.29 is 14.6 Å². The van der Waals surface area contributed by atoms with Crippen LogP contribution in [-0.2, 0) is 9.53 Å². The molecule has 150 valence electrons. The maximum absolute atomic E-state index is 11.6. The lowest BCUT2D eigenvalue weighted by Gasteiger charge is -2.05. The van der Waals surface area contributed by atoms with E-state index in [2.05, 4.69) is 36.7 Å². The largest absolute Gasteiger partial charge is 0.460 e. The number of carbonyl (C=O) groups is 1. The van der Waals surface area contributed by atoms with Crippen LogP contribution in [0.3, 0.4) is 0 Å². The third-order valence-electron chi connectivity index (χ3n) is 4.87. The van der Waals surface area contributed by atoms with E-state index < -0.39 is 0 Å². The average molecular weight is 373 g/mol. The first-order chi connectivity index (χ1) is 13.3. The molecule has 1 fully saturated rings. The third-order valence-corrected chi connectivity index (χ3v) is 4.87. The number of rotatable bonds is 13. The van der Waals surface area contributed by atoms with Gasteiger partial charge in [-0.05, 0) is 43.6 Å². The second-order valence-corrected chi connectivity index (χ2v) is 7.30. The molecule has 0 unspecified atom stereocenters. The molecule has 0 amide bonds. The van der Waals surface area contributed by atoms with E-state index in [9.17, 15) is 4.79 Å². The average Bonchev–Trinajstić information content (AvgIpc) is 3.04. The van der Waals surface area contributed by atoms with Gasteiger partial charge >= 0.3 is 5.97 Å². The van der Waals surface area contributed by atoms with E-state index in [1.807, 2.05) is 6.08 Å². The summed E-state index contributed by atoms with van der Waals surface area (Å²) < 4.78 is 5.10. The first-order valence-electron chi connectivity index (χ1n) is 10.7. The Labute approximate surface area is 166 Å². The minimum absolute atomic E-state index is 0.00987. The molecular formula is C24H36O3. The number of esters is 1. The van der Waals surface area contributed by atoms with Crippen LogP contribution in [0.4, 0.5) is 0 Å². The standard InChI is InChI=1S/C24H36O3/c1-2-3-4-5-6-7-8-9-10-11-12-13-14-15-16-17-18-19-22-20-23(21-25)27-24(22)26/h5-6,22-23,25H,2-4,11-21H2,1H3/b6-5+/t22-,23-/m0/s1. The molecule has 0 aromatic heterocycles. The predicted octanol–water partition coefficient (Wildman–Crippen LogP) is 5.17. The summed E-state index contributed by atoms with van der Waals surface area (Å²) in [5.74, 6) is 11.8. The van der Waals surface area contributed by atoms with Crippen LogP contribution in [0.15, 0.2) is 12.2 Å². The summed E-state index contributed by atoms with van der Waals surface area (Å²) in [5, 5.41) is 9.03. The minimum Gasteiger partial charge on any atom is -0.460 e. The topological polar surface area (TPSA) is 46.5 Å². The van der Waals surface area contributed by atoms with Crippen molar-refractivity contribution in [2.24, 2.45) is 5.92 Å². The molecule has 1 rings (SSSR count). The zero-order valence-electron chi connectivity index (χ0n) is 17.0. The van der Waals surface area contributed by atoms with E-state index in [0.29, 0.717) is 6.42 Å². The molecule has 1 aliphatic rings. The quantitative estimate of drug-likeness (QED) is 0.275. The number of aliphatic hydroxyl groups is 1. The van der Waals surface area contributed by atoms with Crippen LogP contribution in [0.2, 0.25) is 0 Å². The van der Waals surface area contributed by atoms with Gasteiger partial charge in [-0.1, -0.05) is 76.2 Å². The Bertz CT molecular complexity index is 541. The fourth-order valence-electron chi connectivity index (χ4n) is 3.21. The van der Waals surface area contributed by atoms with Gasteiger partial charge in [0, 0.05) is 6.42 Å². The highest BCUT2D eigenvalue weighted by Gasteiger charge is 2.33. The molecular weight excluding hydrogens is 336 g/mol. The highest BCUT2D eigenvalue weighted by atomic mass is 16.6. The van der Waals surface area contributed by atoms with Crippen LogP contribution < -0.4 is 0 Å².